The molecule has 3 aliphatic carbocycles. The molecule has 7 rings (SSSR count). The van der Waals surface area contributed by atoms with Gasteiger partial charge in [-0.25, -0.2) is 0 Å². The summed E-state index contributed by atoms with van der Waals surface area (Å²) in [6, 6.07) is 9.20. The highest BCUT2D eigenvalue weighted by Gasteiger charge is 2.90. The Morgan fingerprint density at radius 3 is 2.40 bits per heavy atom. The molecule has 0 amide bonds. The maximum Gasteiger partial charge on any atom is 0.314 e. The number of hydrogen-bond acceptors (Lipinski definition) is 10. The van der Waals surface area contributed by atoms with Crippen LogP contribution in [0.15, 0.2) is 54.1 Å². The van der Waals surface area contributed by atoms with Crippen LogP contribution in [0.3, 0.4) is 0 Å². The van der Waals surface area contributed by atoms with Crippen molar-refractivity contribution in [2.45, 2.75) is 138 Å². The highest BCUT2D eigenvalue weighted by atomic mass is 16.9. The summed E-state index contributed by atoms with van der Waals surface area (Å²) in [6.07, 6.45) is 3.27. The molecule has 14 unspecified atom stereocenters. The second-order valence-corrected chi connectivity index (χ2v) is 15.5. The maximum absolute atomic E-state index is 14.0. The predicted molar refractivity (Wildman–Crippen MR) is 174 cm³/mol. The number of carbonyl (C=O) groups excluding carboxylic acids is 1. The first kappa shape index (κ1) is 34.3. The molecule has 0 spiro atoms. The molecule has 6 aliphatic rings. The summed E-state index contributed by atoms with van der Waals surface area (Å²) in [6.45, 7) is 13.3. The zero-order valence-electron chi connectivity index (χ0n) is 28.8. The average Bonchev–Trinajstić information content (AvgIpc) is 3.70. The fourth-order valence-corrected chi connectivity index (χ4v) is 10.1. The monoisotopic (exact) mass is 668 g/mol. The van der Waals surface area contributed by atoms with Crippen molar-refractivity contribution in [3.63, 3.8) is 0 Å². The number of aliphatic hydroxyl groups is 4. The van der Waals surface area contributed by atoms with Crippen LogP contribution in [0.1, 0.15) is 85.1 Å². The molecule has 5 fully saturated rings. The minimum Gasteiger partial charge on any atom is -0.458 e. The number of epoxide rings is 1. The third kappa shape index (κ3) is 4.30. The van der Waals surface area contributed by atoms with E-state index in [1.807, 2.05) is 51.1 Å². The second kappa shape index (κ2) is 11.7. The summed E-state index contributed by atoms with van der Waals surface area (Å²) in [5.41, 5.74) is -5.10. The molecule has 1 aromatic carbocycles. The van der Waals surface area contributed by atoms with E-state index in [1.165, 1.54) is 19.3 Å². The Bertz CT molecular complexity index is 1460. The number of rotatable bonds is 12. The van der Waals surface area contributed by atoms with Crippen LogP contribution in [0, 0.1) is 23.7 Å². The van der Waals surface area contributed by atoms with E-state index in [1.54, 1.807) is 13.0 Å². The number of carbonyl (C=O) groups is 1. The molecule has 10 nitrogen and oxygen atoms in total. The highest BCUT2D eigenvalue weighted by Crippen LogP contribution is 2.74. The Morgan fingerprint density at radius 1 is 1.04 bits per heavy atom. The number of esters is 1. The molecule has 3 heterocycles. The van der Waals surface area contributed by atoms with Crippen LogP contribution in [0.5, 0.6) is 0 Å². The van der Waals surface area contributed by atoms with Crippen LogP contribution in [-0.2, 0) is 34.5 Å². The van der Waals surface area contributed by atoms with Gasteiger partial charge in [-0.1, -0.05) is 102 Å². The van der Waals surface area contributed by atoms with Gasteiger partial charge in [0.1, 0.15) is 41.7 Å². The molecule has 48 heavy (non-hydrogen) atoms. The molecule has 1 aromatic rings. The predicted octanol–water partition coefficient (Wildman–Crippen LogP) is 4.03. The number of hydrogen-bond donors (Lipinski definition) is 4. The van der Waals surface area contributed by atoms with Gasteiger partial charge in [0.15, 0.2) is 5.60 Å². The average molecular weight is 669 g/mol. The number of fused-ring (bicyclic) bond motifs is 3. The molecular formula is C38H52O10. The molecule has 0 radical (unpaired) electrons. The smallest absolute Gasteiger partial charge is 0.314 e. The fraction of sp³-hybridized carbons (Fsp3) is 0.711. The quantitative estimate of drug-likeness (QED) is 0.111. The number of aliphatic hydroxyl groups excluding tert-OH is 3. The first-order valence-electron chi connectivity index (χ1n) is 17.9. The van der Waals surface area contributed by atoms with Crippen molar-refractivity contribution >= 4 is 5.97 Å². The molecule has 14 atom stereocenters. The Morgan fingerprint density at radius 2 is 1.73 bits per heavy atom. The maximum atomic E-state index is 14.0. The lowest BCUT2D eigenvalue weighted by molar-refractivity contribution is -0.442. The van der Waals surface area contributed by atoms with E-state index >= 15 is 0 Å². The SMILES string of the molecule is C=C(C)C12OC3(c4ccccc4)OC1C1C4OC4(CO)C(O)C4(O)C(O)C(C)=CC4C1(O3)C(C)C2OC(=O)C(C)CCCCCCCC. The van der Waals surface area contributed by atoms with Gasteiger partial charge in [0.2, 0.25) is 0 Å². The number of benzene rings is 1. The van der Waals surface area contributed by atoms with Crippen molar-refractivity contribution in [2.75, 3.05) is 6.61 Å². The lowest BCUT2D eigenvalue weighted by atomic mass is 9.53. The first-order chi connectivity index (χ1) is 22.8. The summed E-state index contributed by atoms with van der Waals surface area (Å²) in [5.74, 6) is -4.98. The van der Waals surface area contributed by atoms with E-state index in [0.29, 0.717) is 23.1 Å². The zero-order chi connectivity index (χ0) is 34.4. The lowest BCUT2D eigenvalue weighted by Crippen LogP contribution is -2.76. The Balaban J connectivity index is 1.35. The Labute approximate surface area is 283 Å². The van der Waals surface area contributed by atoms with Gasteiger partial charge < -0.3 is 44.1 Å². The van der Waals surface area contributed by atoms with E-state index < -0.39 is 83.3 Å². The normalized spacial score (nSPS) is 47.0. The Kier molecular flexibility index (Phi) is 8.36. The van der Waals surface area contributed by atoms with Crippen molar-refractivity contribution < 1.29 is 48.9 Å². The Hall–Kier alpha value is -2.15. The van der Waals surface area contributed by atoms with Gasteiger partial charge in [-0.2, -0.15) is 0 Å². The summed E-state index contributed by atoms with van der Waals surface area (Å²) >= 11 is 0. The van der Waals surface area contributed by atoms with Crippen LogP contribution in [0.2, 0.25) is 0 Å². The summed E-state index contributed by atoms with van der Waals surface area (Å²) in [5, 5.41) is 46.8. The van der Waals surface area contributed by atoms with E-state index in [0.717, 1.165) is 19.3 Å². The molecule has 0 aromatic heterocycles. The molecule has 3 aliphatic heterocycles. The van der Waals surface area contributed by atoms with Crippen LogP contribution >= 0.6 is 0 Å². The summed E-state index contributed by atoms with van der Waals surface area (Å²) in [4.78, 5) is 14.0. The van der Waals surface area contributed by atoms with Crippen molar-refractivity contribution in [3.05, 3.63) is 59.7 Å². The second-order valence-electron chi connectivity index (χ2n) is 15.5. The van der Waals surface area contributed by atoms with E-state index in [2.05, 4.69) is 13.5 Å². The summed E-state index contributed by atoms with van der Waals surface area (Å²) in [7, 11) is 0. The van der Waals surface area contributed by atoms with E-state index in [9.17, 15) is 25.2 Å². The molecular weight excluding hydrogens is 616 g/mol. The standard InChI is InChI=1S/C38H52O10/c1-7-8-9-10-11-13-16-22(4)32(41)44-29-24(6)37-26-19-23(5)28(40)35(26,43)33(42)34(20-39)30(45-34)27(37)31-36(29,21(2)3)47-38(46-31,48-37)25-17-14-12-15-18-25/h12,14-15,17-19,22,24,26-31,33,39-40,42-43H,2,7-11,13,16,20H2,1,3-6H3. The largest absolute Gasteiger partial charge is 0.458 e. The minimum atomic E-state index is -2.21. The van der Waals surface area contributed by atoms with Gasteiger partial charge in [0, 0.05) is 23.3 Å². The highest BCUT2D eigenvalue weighted by molar-refractivity contribution is 5.72. The third-order valence-electron chi connectivity index (χ3n) is 12.7. The number of unbranched alkanes of at least 4 members (excludes halogenated alkanes) is 5. The molecule has 3 bridgehead atoms. The zero-order valence-corrected chi connectivity index (χ0v) is 28.8. The molecule has 4 N–H and O–H groups in total. The third-order valence-corrected chi connectivity index (χ3v) is 12.7. The molecule has 3 saturated heterocycles. The first-order valence-corrected chi connectivity index (χ1v) is 17.9. The van der Waals surface area contributed by atoms with Crippen molar-refractivity contribution in [1.82, 2.24) is 0 Å². The van der Waals surface area contributed by atoms with Crippen LogP contribution in [-0.4, -0.2) is 85.9 Å². The van der Waals surface area contributed by atoms with Crippen molar-refractivity contribution in [3.8, 4) is 0 Å². The summed E-state index contributed by atoms with van der Waals surface area (Å²) < 4.78 is 34.0. The van der Waals surface area contributed by atoms with E-state index in [-0.39, 0.29) is 11.9 Å². The van der Waals surface area contributed by atoms with Gasteiger partial charge in [-0.05, 0) is 31.4 Å². The molecule has 2 saturated carbocycles. The van der Waals surface area contributed by atoms with Crippen LogP contribution in [0.25, 0.3) is 0 Å². The van der Waals surface area contributed by atoms with Gasteiger partial charge >= 0.3 is 11.9 Å². The van der Waals surface area contributed by atoms with E-state index in [4.69, 9.17) is 23.7 Å². The van der Waals surface area contributed by atoms with Gasteiger partial charge in [-0.3, -0.25) is 4.79 Å². The van der Waals surface area contributed by atoms with Crippen LogP contribution < -0.4 is 0 Å². The molecule has 264 valence electrons. The number of ether oxygens (including phenoxy) is 5. The minimum absolute atomic E-state index is 0.370. The fourth-order valence-electron chi connectivity index (χ4n) is 10.1. The van der Waals surface area contributed by atoms with Gasteiger partial charge in [0.05, 0.1) is 18.1 Å². The topological polar surface area (TPSA) is 147 Å². The van der Waals surface area contributed by atoms with Gasteiger partial charge in [0.25, 0.3) is 0 Å². The van der Waals surface area contributed by atoms with Crippen molar-refractivity contribution in [1.29, 1.82) is 0 Å². The van der Waals surface area contributed by atoms with Gasteiger partial charge in [-0.15, -0.1) is 0 Å². The lowest BCUT2D eigenvalue weighted by Gasteiger charge is -2.61. The van der Waals surface area contributed by atoms with Crippen LogP contribution in [0.4, 0.5) is 0 Å². The van der Waals surface area contributed by atoms with Crippen molar-refractivity contribution in [2.24, 2.45) is 23.7 Å². The molecule has 10 heteroatoms.